The van der Waals surface area contributed by atoms with E-state index in [2.05, 4.69) is 30.3 Å². The van der Waals surface area contributed by atoms with E-state index in [9.17, 15) is 13.2 Å². The molecular formula is C26H25Cl2F3N8O2. The Morgan fingerprint density at radius 1 is 0.951 bits per heavy atom. The number of nitrogens with one attached hydrogen (secondary N) is 1. The van der Waals surface area contributed by atoms with Gasteiger partial charge in [-0.05, 0) is 49.7 Å². The maximum atomic E-state index is 10.6. The molecule has 41 heavy (non-hydrogen) atoms. The average Bonchev–Trinajstić information content (AvgIpc) is 2.93. The Balaban J connectivity index is 0.000000493. The SMILES string of the molecule is Cc1nnc(Nc2nc3ccccc3nc2N2CCN(Cc3cc(Cl)ccc3Cl)CC2)nc1C.O=C(O)C(F)(F)F. The van der Waals surface area contributed by atoms with Crippen LogP contribution in [0.1, 0.15) is 17.0 Å². The quantitative estimate of drug-likeness (QED) is 0.303. The van der Waals surface area contributed by atoms with Crippen molar-refractivity contribution < 1.29 is 23.1 Å². The van der Waals surface area contributed by atoms with E-state index < -0.39 is 12.1 Å². The van der Waals surface area contributed by atoms with Gasteiger partial charge in [-0.2, -0.15) is 18.3 Å². The molecule has 0 saturated carbocycles. The van der Waals surface area contributed by atoms with Crippen molar-refractivity contribution in [2.75, 3.05) is 36.4 Å². The van der Waals surface area contributed by atoms with E-state index in [1.54, 1.807) is 0 Å². The number of aliphatic carboxylic acids is 1. The highest BCUT2D eigenvalue weighted by Gasteiger charge is 2.38. The van der Waals surface area contributed by atoms with E-state index >= 15 is 0 Å². The lowest BCUT2D eigenvalue weighted by Crippen LogP contribution is -2.46. The molecule has 0 spiro atoms. The van der Waals surface area contributed by atoms with Gasteiger partial charge in [0.1, 0.15) is 0 Å². The minimum atomic E-state index is -5.08. The maximum Gasteiger partial charge on any atom is 0.490 e. The van der Waals surface area contributed by atoms with E-state index in [1.165, 1.54) is 0 Å². The number of carbonyl (C=O) groups is 1. The Morgan fingerprint density at radius 3 is 2.20 bits per heavy atom. The highest BCUT2D eigenvalue weighted by molar-refractivity contribution is 6.33. The highest BCUT2D eigenvalue weighted by Crippen LogP contribution is 2.29. The first-order valence-electron chi connectivity index (χ1n) is 12.3. The van der Waals surface area contributed by atoms with Crippen molar-refractivity contribution in [3.05, 3.63) is 69.5 Å². The number of alkyl halides is 3. The van der Waals surface area contributed by atoms with Crippen molar-refractivity contribution in [3.8, 4) is 0 Å². The summed E-state index contributed by atoms with van der Waals surface area (Å²) in [5.74, 6) is -0.952. The lowest BCUT2D eigenvalue weighted by molar-refractivity contribution is -0.192. The molecule has 0 bridgehead atoms. The van der Waals surface area contributed by atoms with Crippen LogP contribution in [0.2, 0.25) is 10.0 Å². The predicted octanol–water partition coefficient (Wildman–Crippen LogP) is 5.44. The third-order valence-electron chi connectivity index (χ3n) is 6.19. The second kappa shape index (κ2) is 12.8. The molecule has 10 nitrogen and oxygen atoms in total. The van der Waals surface area contributed by atoms with Gasteiger partial charge >= 0.3 is 12.1 Å². The largest absolute Gasteiger partial charge is 0.490 e. The molecule has 4 aromatic rings. The van der Waals surface area contributed by atoms with E-state index in [-0.39, 0.29) is 0 Å². The van der Waals surface area contributed by atoms with Gasteiger partial charge in [0.05, 0.1) is 22.4 Å². The summed E-state index contributed by atoms with van der Waals surface area (Å²) in [6.07, 6.45) is -5.08. The molecule has 15 heteroatoms. The van der Waals surface area contributed by atoms with Crippen LogP contribution >= 0.6 is 23.2 Å². The Morgan fingerprint density at radius 2 is 1.59 bits per heavy atom. The molecule has 0 amide bonds. The van der Waals surface area contributed by atoms with E-state index in [1.807, 2.05) is 56.3 Å². The Bertz CT molecular complexity index is 1550. The van der Waals surface area contributed by atoms with Crippen LogP contribution in [-0.2, 0) is 11.3 Å². The van der Waals surface area contributed by atoms with Crippen LogP contribution in [0.3, 0.4) is 0 Å². The summed E-state index contributed by atoms with van der Waals surface area (Å²) in [5, 5.41) is 20.2. The molecule has 2 aromatic heterocycles. The van der Waals surface area contributed by atoms with Gasteiger partial charge in [-0.3, -0.25) is 4.90 Å². The first kappa shape index (κ1) is 30.2. The monoisotopic (exact) mass is 608 g/mol. The Hall–Kier alpha value is -3.81. The minimum absolute atomic E-state index is 0.406. The number of para-hydroxylation sites is 2. The molecule has 0 radical (unpaired) electrons. The molecule has 0 atom stereocenters. The van der Waals surface area contributed by atoms with Crippen LogP contribution in [0.15, 0.2) is 42.5 Å². The fraction of sp³-hybridized carbons (Fsp3) is 0.308. The summed E-state index contributed by atoms with van der Waals surface area (Å²) >= 11 is 12.5. The number of anilines is 3. The molecular weight excluding hydrogens is 584 g/mol. The number of hydrogen-bond donors (Lipinski definition) is 2. The van der Waals surface area contributed by atoms with Crippen LogP contribution in [0.25, 0.3) is 11.0 Å². The zero-order valence-electron chi connectivity index (χ0n) is 22.0. The Kier molecular flexibility index (Phi) is 9.41. The van der Waals surface area contributed by atoms with Crippen molar-refractivity contribution in [1.29, 1.82) is 0 Å². The van der Waals surface area contributed by atoms with Crippen molar-refractivity contribution >= 4 is 57.8 Å². The van der Waals surface area contributed by atoms with Gasteiger partial charge in [0.2, 0.25) is 5.95 Å². The molecule has 1 saturated heterocycles. The highest BCUT2D eigenvalue weighted by atomic mass is 35.5. The number of halogens is 5. The first-order valence-corrected chi connectivity index (χ1v) is 13.1. The fourth-order valence-corrected chi connectivity index (χ4v) is 4.31. The zero-order valence-corrected chi connectivity index (χ0v) is 23.5. The van der Waals surface area contributed by atoms with E-state index in [0.717, 1.165) is 71.5 Å². The summed E-state index contributed by atoms with van der Waals surface area (Å²) in [6.45, 7) is 7.86. The number of nitrogens with zero attached hydrogens (tertiary/aromatic N) is 7. The van der Waals surface area contributed by atoms with Crippen LogP contribution < -0.4 is 10.2 Å². The molecule has 1 aliphatic rings. The minimum Gasteiger partial charge on any atom is -0.475 e. The third-order valence-corrected chi connectivity index (χ3v) is 6.79. The number of piperazine rings is 1. The molecule has 1 fully saturated rings. The van der Waals surface area contributed by atoms with Crippen LogP contribution in [-0.4, -0.2) is 73.5 Å². The summed E-state index contributed by atoms with van der Waals surface area (Å²) in [6, 6.07) is 13.4. The first-order chi connectivity index (χ1) is 19.4. The number of fused-ring (bicyclic) bond motifs is 1. The van der Waals surface area contributed by atoms with Crippen LogP contribution in [0.4, 0.5) is 30.8 Å². The van der Waals surface area contributed by atoms with Gasteiger partial charge in [0.15, 0.2) is 11.6 Å². The Labute approximate surface area is 243 Å². The molecule has 3 heterocycles. The van der Waals surface area contributed by atoms with Crippen molar-refractivity contribution in [2.45, 2.75) is 26.6 Å². The van der Waals surface area contributed by atoms with Crippen molar-refractivity contribution in [3.63, 3.8) is 0 Å². The molecule has 1 aliphatic heterocycles. The lowest BCUT2D eigenvalue weighted by Gasteiger charge is -2.36. The van der Waals surface area contributed by atoms with Crippen molar-refractivity contribution in [2.24, 2.45) is 0 Å². The number of aromatic nitrogens is 5. The average molecular weight is 609 g/mol. The van der Waals surface area contributed by atoms with Gasteiger partial charge in [-0.15, -0.1) is 5.10 Å². The van der Waals surface area contributed by atoms with Gasteiger partial charge in [0, 0.05) is 42.8 Å². The summed E-state index contributed by atoms with van der Waals surface area (Å²) < 4.78 is 31.7. The number of aryl methyl sites for hydroxylation is 2. The standard InChI is InChI=1S/C24H24Cl2N8.C2HF3O2/c1-15-16(2)31-32-24(27-15)30-22-23(29-21-6-4-3-5-20(21)28-22)34-11-9-33(10-12-34)14-17-13-18(25)7-8-19(17)26;3-2(4,5)1(6)7/h3-8,13H,9-12,14H2,1-2H3,(H,27,28,30,32);(H,6,7). The smallest absolute Gasteiger partial charge is 0.475 e. The number of rotatable bonds is 5. The summed E-state index contributed by atoms with van der Waals surface area (Å²) in [5.41, 5.74) is 4.30. The number of hydrogen-bond acceptors (Lipinski definition) is 9. The zero-order chi connectivity index (χ0) is 29.7. The van der Waals surface area contributed by atoms with Crippen LogP contribution in [0, 0.1) is 13.8 Å². The number of carboxylic acid groups (broad SMARTS) is 1. The molecule has 216 valence electrons. The second-order valence-corrected chi connectivity index (χ2v) is 9.96. The predicted molar refractivity (Wildman–Crippen MR) is 150 cm³/mol. The fourth-order valence-electron chi connectivity index (χ4n) is 3.93. The number of benzene rings is 2. The van der Waals surface area contributed by atoms with Crippen molar-refractivity contribution in [1.82, 2.24) is 30.0 Å². The molecule has 0 aliphatic carbocycles. The molecule has 0 unspecified atom stereocenters. The van der Waals surface area contributed by atoms with E-state index in [4.69, 9.17) is 43.1 Å². The van der Waals surface area contributed by atoms with Gasteiger partial charge in [-0.25, -0.2) is 19.7 Å². The molecule has 2 N–H and O–H groups in total. The van der Waals surface area contributed by atoms with Gasteiger partial charge in [-0.1, -0.05) is 35.3 Å². The molecule has 5 rings (SSSR count). The van der Waals surface area contributed by atoms with E-state index in [0.29, 0.717) is 16.8 Å². The lowest BCUT2D eigenvalue weighted by atomic mass is 10.2. The maximum absolute atomic E-state index is 10.6. The normalized spacial score (nSPS) is 14.0. The third kappa shape index (κ3) is 7.90. The number of carboxylic acids is 1. The van der Waals surface area contributed by atoms with Crippen LogP contribution in [0.5, 0.6) is 0 Å². The molecule has 2 aromatic carbocycles. The summed E-state index contributed by atoms with van der Waals surface area (Å²) in [7, 11) is 0. The summed E-state index contributed by atoms with van der Waals surface area (Å²) in [4.78, 5) is 27.8. The van der Waals surface area contributed by atoms with Gasteiger partial charge in [0.25, 0.3) is 0 Å². The topological polar surface area (TPSA) is 120 Å². The van der Waals surface area contributed by atoms with Gasteiger partial charge < -0.3 is 15.3 Å². The second-order valence-electron chi connectivity index (χ2n) is 9.12.